The summed E-state index contributed by atoms with van der Waals surface area (Å²) in [7, 11) is 0. The van der Waals surface area contributed by atoms with Crippen LogP contribution in [0.15, 0.2) is 84.9 Å². The Balaban J connectivity index is 1.30. The quantitative estimate of drug-likeness (QED) is 0.250. The van der Waals surface area contributed by atoms with Gasteiger partial charge in [-0.3, -0.25) is 9.59 Å². The van der Waals surface area contributed by atoms with Crippen LogP contribution in [-0.2, 0) is 28.9 Å². The summed E-state index contributed by atoms with van der Waals surface area (Å²) in [5, 5.41) is 0. The van der Waals surface area contributed by atoms with Gasteiger partial charge in [0.15, 0.2) is 0 Å². The molecule has 0 aromatic heterocycles. The van der Waals surface area contributed by atoms with Gasteiger partial charge in [0.05, 0.1) is 0 Å². The number of amides is 1. The van der Waals surface area contributed by atoms with Gasteiger partial charge in [-0.25, -0.2) is 0 Å². The van der Waals surface area contributed by atoms with Crippen LogP contribution >= 0.6 is 0 Å². The van der Waals surface area contributed by atoms with Gasteiger partial charge in [0.2, 0.25) is 5.91 Å². The summed E-state index contributed by atoms with van der Waals surface area (Å²) in [6, 6.07) is 29.4. The lowest BCUT2D eigenvalue weighted by molar-refractivity contribution is -0.139. The monoisotopic (exact) mass is 495 g/mol. The number of carbonyl (C=O) groups excluding carboxylic acids is 2. The minimum absolute atomic E-state index is 0.209. The minimum Gasteiger partial charge on any atom is -0.343 e. The molecule has 1 aliphatic heterocycles. The van der Waals surface area contributed by atoms with E-state index in [-0.39, 0.29) is 11.3 Å². The summed E-state index contributed by atoms with van der Waals surface area (Å²) in [6.45, 7) is 3.48. The molecule has 3 aromatic rings. The predicted molar refractivity (Wildman–Crippen MR) is 152 cm³/mol. The normalized spacial score (nSPS) is 14.9. The second kappa shape index (κ2) is 13.4. The molecule has 0 aliphatic carbocycles. The highest BCUT2D eigenvalue weighted by Crippen LogP contribution is 2.38. The lowest BCUT2D eigenvalue weighted by Crippen LogP contribution is -2.47. The molecule has 0 unspecified atom stereocenters. The molecule has 3 nitrogen and oxygen atoms in total. The molecule has 0 bridgehead atoms. The summed E-state index contributed by atoms with van der Waals surface area (Å²) in [6.07, 6.45) is 8.46. The fourth-order valence-electron chi connectivity index (χ4n) is 5.59. The molecule has 0 spiro atoms. The predicted octanol–water partition coefficient (Wildman–Crippen LogP) is 7.15. The molecule has 37 heavy (non-hydrogen) atoms. The standard InChI is InChI=1S/C34H41NO2/c1-28-17-19-30(20-18-28)13-7-4-10-16-32(36)34(27-31-14-8-3-9-15-31)23-25-35(26-24-34)33(37)22-21-29-11-5-2-6-12-29/h2-3,5-6,8-9,11-12,14-15,17-20H,4,7,10,13,16,21-27H2,1H3. The maximum absolute atomic E-state index is 13.7. The molecular weight excluding hydrogens is 454 g/mol. The van der Waals surface area contributed by atoms with E-state index in [2.05, 4.69) is 67.6 Å². The summed E-state index contributed by atoms with van der Waals surface area (Å²) in [5.74, 6) is 0.601. The number of hydrogen-bond acceptors (Lipinski definition) is 2. The second-order valence-corrected chi connectivity index (χ2v) is 10.8. The Morgan fingerprint density at radius 1 is 0.676 bits per heavy atom. The molecule has 1 aliphatic rings. The van der Waals surface area contributed by atoms with Crippen molar-refractivity contribution in [3.8, 4) is 0 Å². The highest BCUT2D eigenvalue weighted by molar-refractivity contribution is 5.86. The Bertz CT molecular complexity index is 1110. The van der Waals surface area contributed by atoms with Gasteiger partial charge in [0.25, 0.3) is 0 Å². The number of unbranched alkanes of at least 4 members (excludes halogenated alkanes) is 2. The fourth-order valence-corrected chi connectivity index (χ4v) is 5.59. The summed E-state index contributed by atoms with van der Waals surface area (Å²) < 4.78 is 0. The van der Waals surface area contributed by atoms with Crippen LogP contribution < -0.4 is 0 Å². The zero-order valence-electron chi connectivity index (χ0n) is 22.3. The Morgan fingerprint density at radius 2 is 1.27 bits per heavy atom. The molecule has 0 saturated carbocycles. The number of aryl methyl sites for hydroxylation is 3. The van der Waals surface area contributed by atoms with E-state index < -0.39 is 0 Å². The average Bonchev–Trinajstić information content (AvgIpc) is 2.94. The lowest BCUT2D eigenvalue weighted by Gasteiger charge is -2.41. The highest BCUT2D eigenvalue weighted by Gasteiger charge is 2.41. The number of hydrogen-bond donors (Lipinski definition) is 0. The van der Waals surface area contributed by atoms with Gasteiger partial charge in [0, 0.05) is 31.3 Å². The van der Waals surface area contributed by atoms with Crippen LogP contribution in [0.5, 0.6) is 0 Å². The Labute approximate surface area is 222 Å². The Kier molecular flexibility index (Phi) is 9.71. The van der Waals surface area contributed by atoms with E-state index >= 15 is 0 Å². The topological polar surface area (TPSA) is 37.4 Å². The van der Waals surface area contributed by atoms with E-state index in [9.17, 15) is 9.59 Å². The van der Waals surface area contributed by atoms with Crippen molar-refractivity contribution in [2.75, 3.05) is 13.1 Å². The van der Waals surface area contributed by atoms with Crippen molar-refractivity contribution in [1.29, 1.82) is 0 Å². The number of nitrogens with zero attached hydrogens (tertiary/aromatic N) is 1. The van der Waals surface area contributed by atoms with Crippen LogP contribution in [0.3, 0.4) is 0 Å². The largest absolute Gasteiger partial charge is 0.343 e. The fraction of sp³-hybridized carbons (Fsp3) is 0.412. The molecule has 0 radical (unpaired) electrons. The lowest BCUT2D eigenvalue weighted by atomic mass is 9.69. The molecular formula is C34H41NO2. The van der Waals surface area contributed by atoms with Crippen molar-refractivity contribution in [1.82, 2.24) is 4.90 Å². The van der Waals surface area contributed by atoms with Crippen molar-refractivity contribution in [2.24, 2.45) is 5.41 Å². The third kappa shape index (κ3) is 7.89. The maximum atomic E-state index is 13.7. The maximum Gasteiger partial charge on any atom is 0.222 e. The van der Waals surface area contributed by atoms with Crippen LogP contribution in [0.2, 0.25) is 0 Å². The molecule has 1 heterocycles. The SMILES string of the molecule is Cc1ccc(CCCCCC(=O)C2(Cc3ccccc3)CCN(C(=O)CCc3ccccc3)CC2)cc1. The van der Waals surface area contributed by atoms with Crippen LogP contribution in [-0.4, -0.2) is 29.7 Å². The van der Waals surface area contributed by atoms with E-state index in [1.165, 1.54) is 22.3 Å². The molecule has 0 N–H and O–H groups in total. The number of benzene rings is 3. The van der Waals surface area contributed by atoms with E-state index in [0.717, 1.165) is 51.4 Å². The average molecular weight is 496 g/mol. The van der Waals surface area contributed by atoms with Crippen molar-refractivity contribution < 1.29 is 9.59 Å². The van der Waals surface area contributed by atoms with E-state index in [1.807, 2.05) is 29.2 Å². The number of rotatable bonds is 12. The Hall–Kier alpha value is -3.20. The summed E-state index contributed by atoms with van der Waals surface area (Å²) >= 11 is 0. The first-order valence-electron chi connectivity index (χ1n) is 14.0. The van der Waals surface area contributed by atoms with Crippen LogP contribution in [0, 0.1) is 12.3 Å². The molecule has 3 heteroatoms. The van der Waals surface area contributed by atoms with Crippen LogP contribution in [0.25, 0.3) is 0 Å². The Morgan fingerprint density at radius 3 is 1.92 bits per heavy atom. The van der Waals surface area contributed by atoms with Gasteiger partial charge >= 0.3 is 0 Å². The van der Waals surface area contributed by atoms with Crippen molar-refractivity contribution in [2.45, 2.75) is 71.1 Å². The van der Waals surface area contributed by atoms with Crippen molar-refractivity contribution in [3.05, 3.63) is 107 Å². The van der Waals surface area contributed by atoms with E-state index in [4.69, 9.17) is 0 Å². The summed E-state index contributed by atoms with van der Waals surface area (Å²) in [5.41, 5.74) is 4.74. The first-order chi connectivity index (χ1) is 18.0. The minimum atomic E-state index is -0.353. The zero-order chi connectivity index (χ0) is 25.9. The second-order valence-electron chi connectivity index (χ2n) is 10.8. The smallest absolute Gasteiger partial charge is 0.222 e. The molecule has 1 saturated heterocycles. The van der Waals surface area contributed by atoms with Gasteiger partial charge in [-0.15, -0.1) is 0 Å². The number of carbonyl (C=O) groups is 2. The number of ketones is 1. The number of likely N-dealkylation sites (tertiary alicyclic amines) is 1. The number of piperidine rings is 1. The third-order valence-corrected chi connectivity index (χ3v) is 8.01. The third-order valence-electron chi connectivity index (χ3n) is 8.01. The number of Topliss-reactive ketones (excluding diaryl/α,β-unsaturated/α-hetero) is 1. The van der Waals surface area contributed by atoms with Crippen molar-refractivity contribution >= 4 is 11.7 Å². The van der Waals surface area contributed by atoms with Crippen molar-refractivity contribution in [3.63, 3.8) is 0 Å². The molecule has 0 atom stereocenters. The van der Waals surface area contributed by atoms with Gasteiger partial charge in [-0.1, -0.05) is 96.9 Å². The van der Waals surface area contributed by atoms with E-state index in [1.54, 1.807) is 0 Å². The highest BCUT2D eigenvalue weighted by atomic mass is 16.2. The van der Waals surface area contributed by atoms with Gasteiger partial charge in [0.1, 0.15) is 5.78 Å². The first kappa shape index (κ1) is 26.9. The molecule has 1 fully saturated rings. The molecule has 4 rings (SSSR count). The van der Waals surface area contributed by atoms with Gasteiger partial charge in [-0.05, 0) is 68.6 Å². The van der Waals surface area contributed by atoms with Crippen LogP contribution in [0.4, 0.5) is 0 Å². The van der Waals surface area contributed by atoms with E-state index in [0.29, 0.717) is 31.7 Å². The van der Waals surface area contributed by atoms with Gasteiger partial charge < -0.3 is 4.90 Å². The summed E-state index contributed by atoms with van der Waals surface area (Å²) in [4.78, 5) is 28.6. The van der Waals surface area contributed by atoms with Gasteiger partial charge in [-0.2, -0.15) is 0 Å². The van der Waals surface area contributed by atoms with Crippen LogP contribution in [0.1, 0.15) is 67.2 Å². The molecule has 3 aromatic carbocycles. The molecule has 194 valence electrons. The molecule has 1 amide bonds. The zero-order valence-corrected chi connectivity index (χ0v) is 22.3. The first-order valence-corrected chi connectivity index (χ1v) is 14.0.